The maximum atomic E-state index is 10.7. The molecule has 1 amide bonds. The number of unbranched alkanes of at least 4 members (excludes halogenated alkanes) is 12. The van der Waals surface area contributed by atoms with Crippen LogP contribution in [0.5, 0.6) is 0 Å². The molecule has 0 radical (unpaired) electrons. The molecule has 0 aliphatic heterocycles. The Bertz CT molecular complexity index is 233. The van der Waals surface area contributed by atoms with Gasteiger partial charge in [-0.1, -0.05) is 90.4 Å². The Morgan fingerprint density at radius 1 is 0.810 bits per heavy atom. The van der Waals surface area contributed by atoms with Crippen molar-refractivity contribution in [1.29, 1.82) is 0 Å². The molecule has 21 heavy (non-hydrogen) atoms. The van der Waals surface area contributed by atoms with Gasteiger partial charge in [-0.05, 0) is 6.42 Å². The van der Waals surface area contributed by atoms with Gasteiger partial charge in [0.2, 0.25) is 5.91 Å². The van der Waals surface area contributed by atoms with Crippen LogP contribution in [0.2, 0.25) is 0 Å². The van der Waals surface area contributed by atoms with Gasteiger partial charge in [-0.15, -0.1) is 11.6 Å². The van der Waals surface area contributed by atoms with Gasteiger partial charge in [-0.2, -0.15) is 0 Å². The zero-order valence-electron chi connectivity index (χ0n) is 14.0. The summed E-state index contributed by atoms with van der Waals surface area (Å²) in [6, 6.07) is 0. The monoisotopic (exact) mass is 317 g/mol. The zero-order chi connectivity index (χ0) is 15.8. The number of halogens is 1. The summed E-state index contributed by atoms with van der Waals surface area (Å²) in [6.07, 6.45) is 18.9. The standard InChI is InChI=1S/C18H36ClNO/c1-2-3-4-5-6-7-8-9-10-11-12-13-14-15-17(19)16-18(20)21/h17H,2-16H2,1H3,(H2,20,21). The molecule has 0 fully saturated rings. The lowest BCUT2D eigenvalue weighted by molar-refractivity contribution is -0.118. The first kappa shape index (κ1) is 20.8. The van der Waals surface area contributed by atoms with Crippen molar-refractivity contribution < 1.29 is 4.79 Å². The van der Waals surface area contributed by atoms with E-state index in [1.165, 1.54) is 77.0 Å². The molecule has 2 N–H and O–H groups in total. The van der Waals surface area contributed by atoms with Crippen molar-refractivity contribution in [3.63, 3.8) is 0 Å². The SMILES string of the molecule is CCCCCCCCCCCCCCCC(Cl)CC(N)=O. The number of primary amides is 1. The molecule has 1 atom stereocenters. The van der Waals surface area contributed by atoms with E-state index in [0.717, 1.165) is 12.8 Å². The highest BCUT2D eigenvalue weighted by Gasteiger charge is 2.07. The Kier molecular flexibility index (Phi) is 16.0. The van der Waals surface area contributed by atoms with E-state index >= 15 is 0 Å². The summed E-state index contributed by atoms with van der Waals surface area (Å²) >= 11 is 6.02. The maximum absolute atomic E-state index is 10.7. The fourth-order valence-electron chi connectivity index (χ4n) is 2.70. The lowest BCUT2D eigenvalue weighted by Gasteiger charge is -2.06. The van der Waals surface area contributed by atoms with E-state index in [1.807, 2.05) is 0 Å². The van der Waals surface area contributed by atoms with Gasteiger partial charge < -0.3 is 5.73 Å². The lowest BCUT2D eigenvalue weighted by atomic mass is 10.0. The molecule has 0 saturated heterocycles. The van der Waals surface area contributed by atoms with Gasteiger partial charge >= 0.3 is 0 Å². The molecule has 0 bridgehead atoms. The Labute approximate surface area is 137 Å². The summed E-state index contributed by atoms with van der Waals surface area (Å²) in [4.78, 5) is 10.7. The first-order valence-electron chi connectivity index (χ1n) is 9.09. The number of carbonyl (C=O) groups excluding carboxylic acids is 1. The zero-order valence-corrected chi connectivity index (χ0v) is 14.8. The smallest absolute Gasteiger partial charge is 0.218 e. The van der Waals surface area contributed by atoms with E-state index in [0.29, 0.717) is 6.42 Å². The molecule has 3 heteroatoms. The van der Waals surface area contributed by atoms with Gasteiger partial charge in [0.15, 0.2) is 0 Å². The summed E-state index contributed by atoms with van der Waals surface area (Å²) < 4.78 is 0. The maximum Gasteiger partial charge on any atom is 0.218 e. The molecule has 0 aliphatic rings. The predicted octanol–water partition coefficient (Wildman–Crippen LogP) is 5.95. The van der Waals surface area contributed by atoms with Crippen molar-refractivity contribution in [2.75, 3.05) is 0 Å². The van der Waals surface area contributed by atoms with Gasteiger partial charge in [0, 0.05) is 11.8 Å². The van der Waals surface area contributed by atoms with Crippen LogP contribution in [-0.2, 0) is 4.79 Å². The van der Waals surface area contributed by atoms with Crippen LogP contribution in [0.4, 0.5) is 0 Å². The molecule has 0 rings (SSSR count). The van der Waals surface area contributed by atoms with Gasteiger partial charge in [-0.3, -0.25) is 4.79 Å². The summed E-state index contributed by atoms with van der Waals surface area (Å²) in [6.45, 7) is 2.27. The minimum absolute atomic E-state index is 0.0600. The fourth-order valence-corrected chi connectivity index (χ4v) is 3.01. The van der Waals surface area contributed by atoms with E-state index in [4.69, 9.17) is 17.3 Å². The average molecular weight is 318 g/mol. The number of rotatable bonds is 16. The summed E-state index contributed by atoms with van der Waals surface area (Å²) in [5.41, 5.74) is 5.11. The molecule has 0 heterocycles. The first-order valence-corrected chi connectivity index (χ1v) is 9.52. The summed E-state index contributed by atoms with van der Waals surface area (Å²) in [5, 5.41) is -0.0600. The highest BCUT2D eigenvalue weighted by atomic mass is 35.5. The molecule has 2 nitrogen and oxygen atoms in total. The summed E-state index contributed by atoms with van der Waals surface area (Å²) in [5.74, 6) is -0.287. The minimum atomic E-state index is -0.287. The molecule has 0 aromatic heterocycles. The molecular weight excluding hydrogens is 282 g/mol. The third-order valence-corrected chi connectivity index (χ3v) is 4.42. The summed E-state index contributed by atoms with van der Waals surface area (Å²) in [7, 11) is 0. The van der Waals surface area contributed by atoms with Crippen molar-refractivity contribution in [3.8, 4) is 0 Å². The largest absolute Gasteiger partial charge is 0.370 e. The number of amides is 1. The van der Waals surface area contributed by atoms with Crippen molar-refractivity contribution in [2.24, 2.45) is 5.73 Å². The highest BCUT2D eigenvalue weighted by Crippen LogP contribution is 2.15. The van der Waals surface area contributed by atoms with E-state index in [1.54, 1.807) is 0 Å². The first-order chi connectivity index (χ1) is 10.2. The van der Waals surface area contributed by atoms with E-state index in [-0.39, 0.29) is 11.3 Å². The molecule has 0 spiro atoms. The number of alkyl halides is 1. The molecule has 0 aliphatic carbocycles. The molecule has 0 aromatic carbocycles. The number of carbonyl (C=O) groups is 1. The van der Waals surface area contributed by atoms with Crippen molar-refractivity contribution in [2.45, 2.75) is 109 Å². The lowest BCUT2D eigenvalue weighted by Crippen LogP contribution is -2.16. The van der Waals surface area contributed by atoms with Crippen LogP contribution in [0.1, 0.15) is 103 Å². The van der Waals surface area contributed by atoms with Crippen LogP contribution in [0.15, 0.2) is 0 Å². The van der Waals surface area contributed by atoms with Crippen LogP contribution in [0.3, 0.4) is 0 Å². The average Bonchev–Trinajstić information content (AvgIpc) is 2.43. The van der Waals surface area contributed by atoms with Crippen LogP contribution >= 0.6 is 11.6 Å². The Morgan fingerprint density at radius 2 is 1.19 bits per heavy atom. The van der Waals surface area contributed by atoms with Crippen LogP contribution in [0, 0.1) is 0 Å². The topological polar surface area (TPSA) is 43.1 Å². The van der Waals surface area contributed by atoms with Crippen LogP contribution < -0.4 is 5.73 Å². The van der Waals surface area contributed by atoms with E-state index in [9.17, 15) is 4.79 Å². The Balaban J connectivity index is 3.07. The third-order valence-electron chi connectivity index (χ3n) is 4.04. The molecule has 126 valence electrons. The number of nitrogens with two attached hydrogens (primary N) is 1. The second-order valence-corrected chi connectivity index (χ2v) is 6.92. The van der Waals surface area contributed by atoms with Gasteiger partial charge in [0.25, 0.3) is 0 Å². The second kappa shape index (κ2) is 16.1. The normalized spacial score (nSPS) is 12.5. The second-order valence-electron chi connectivity index (χ2n) is 6.30. The van der Waals surface area contributed by atoms with Gasteiger partial charge in [0.1, 0.15) is 0 Å². The van der Waals surface area contributed by atoms with E-state index < -0.39 is 0 Å². The van der Waals surface area contributed by atoms with Crippen LogP contribution in [-0.4, -0.2) is 11.3 Å². The Hall–Kier alpha value is -0.240. The minimum Gasteiger partial charge on any atom is -0.370 e. The molecule has 0 saturated carbocycles. The Morgan fingerprint density at radius 3 is 1.57 bits per heavy atom. The molecule has 1 unspecified atom stereocenters. The van der Waals surface area contributed by atoms with Crippen LogP contribution in [0.25, 0.3) is 0 Å². The van der Waals surface area contributed by atoms with Crippen molar-refractivity contribution in [3.05, 3.63) is 0 Å². The van der Waals surface area contributed by atoms with Gasteiger partial charge in [0.05, 0.1) is 0 Å². The third kappa shape index (κ3) is 17.7. The van der Waals surface area contributed by atoms with Crippen molar-refractivity contribution in [1.82, 2.24) is 0 Å². The quantitative estimate of drug-likeness (QED) is 0.277. The number of hydrogen-bond donors (Lipinski definition) is 1. The molecule has 0 aromatic rings. The van der Waals surface area contributed by atoms with Crippen molar-refractivity contribution >= 4 is 17.5 Å². The van der Waals surface area contributed by atoms with Gasteiger partial charge in [-0.25, -0.2) is 0 Å². The fraction of sp³-hybridized carbons (Fsp3) is 0.944. The van der Waals surface area contributed by atoms with E-state index in [2.05, 4.69) is 6.92 Å². The highest BCUT2D eigenvalue weighted by molar-refractivity contribution is 6.21. The number of hydrogen-bond acceptors (Lipinski definition) is 1. The molecular formula is C18H36ClNO. The predicted molar refractivity (Wildman–Crippen MR) is 93.8 cm³/mol.